The van der Waals surface area contributed by atoms with Crippen molar-refractivity contribution in [2.75, 3.05) is 5.73 Å². The van der Waals surface area contributed by atoms with Gasteiger partial charge in [0, 0.05) is 4.88 Å². The lowest BCUT2D eigenvalue weighted by Crippen LogP contribution is -1.95. The zero-order valence-corrected chi connectivity index (χ0v) is 9.25. The molecule has 0 amide bonds. The topological polar surface area (TPSA) is 48.1 Å². The Morgan fingerprint density at radius 2 is 2.07 bits per heavy atom. The second kappa shape index (κ2) is 4.31. The van der Waals surface area contributed by atoms with E-state index in [1.54, 1.807) is 11.3 Å². The minimum Gasteiger partial charge on any atom is -0.486 e. The summed E-state index contributed by atoms with van der Waals surface area (Å²) in [5.41, 5.74) is 5.65. The second-order valence-corrected chi connectivity index (χ2v) is 4.44. The van der Waals surface area contributed by atoms with Crippen molar-refractivity contribution in [3.8, 4) is 5.75 Å². The molecule has 78 valence electrons. The van der Waals surface area contributed by atoms with Crippen molar-refractivity contribution >= 4 is 17.2 Å². The molecule has 3 nitrogen and oxygen atoms in total. The van der Waals surface area contributed by atoms with Gasteiger partial charge in [-0.2, -0.15) is 0 Å². The Balaban J connectivity index is 1.99. The maximum absolute atomic E-state index is 5.65. The van der Waals surface area contributed by atoms with Gasteiger partial charge in [-0.25, -0.2) is 4.98 Å². The van der Waals surface area contributed by atoms with E-state index in [-0.39, 0.29) is 0 Å². The van der Waals surface area contributed by atoms with E-state index in [0.29, 0.717) is 12.4 Å². The molecule has 0 aliphatic rings. The van der Waals surface area contributed by atoms with Crippen LogP contribution in [0, 0.1) is 6.92 Å². The molecule has 0 aliphatic carbocycles. The lowest BCUT2D eigenvalue weighted by atomic mass is 10.3. The van der Waals surface area contributed by atoms with Crippen LogP contribution in [0.1, 0.15) is 9.88 Å². The third kappa shape index (κ3) is 2.47. The molecule has 0 atom stereocenters. The minimum absolute atomic E-state index is 0.479. The van der Waals surface area contributed by atoms with Gasteiger partial charge in [-0.3, -0.25) is 0 Å². The molecule has 0 aliphatic heterocycles. The zero-order valence-electron chi connectivity index (χ0n) is 8.43. The number of nitrogens with zero attached hydrogens (tertiary/aromatic N) is 1. The molecule has 1 heterocycles. The van der Waals surface area contributed by atoms with E-state index in [1.807, 2.05) is 37.3 Å². The van der Waals surface area contributed by atoms with Gasteiger partial charge >= 0.3 is 0 Å². The van der Waals surface area contributed by atoms with Gasteiger partial charge in [0.25, 0.3) is 0 Å². The number of rotatable bonds is 3. The van der Waals surface area contributed by atoms with E-state index < -0.39 is 0 Å². The smallest absolute Gasteiger partial charge is 0.140 e. The van der Waals surface area contributed by atoms with Crippen molar-refractivity contribution in [2.45, 2.75) is 13.5 Å². The Labute approximate surface area is 92.5 Å². The number of anilines is 1. The van der Waals surface area contributed by atoms with Crippen LogP contribution in [-0.2, 0) is 6.61 Å². The number of aryl methyl sites for hydroxylation is 1. The van der Waals surface area contributed by atoms with Crippen LogP contribution in [0.4, 0.5) is 5.82 Å². The van der Waals surface area contributed by atoms with Crippen molar-refractivity contribution in [2.24, 2.45) is 0 Å². The molecule has 4 heteroatoms. The highest BCUT2D eigenvalue weighted by molar-refractivity contribution is 7.12. The fourth-order valence-electron chi connectivity index (χ4n) is 1.19. The highest BCUT2D eigenvalue weighted by Crippen LogP contribution is 2.20. The summed E-state index contributed by atoms with van der Waals surface area (Å²) in [7, 11) is 0. The van der Waals surface area contributed by atoms with E-state index in [0.717, 1.165) is 15.6 Å². The lowest BCUT2D eigenvalue weighted by Gasteiger charge is -2.02. The molecule has 0 saturated heterocycles. The van der Waals surface area contributed by atoms with Crippen molar-refractivity contribution in [1.82, 2.24) is 4.98 Å². The Morgan fingerprint density at radius 3 is 2.67 bits per heavy atom. The molecular formula is C11H12N2OS. The van der Waals surface area contributed by atoms with Gasteiger partial charge in [-0.1, -0.05) is 18.2 Å². The highest BCUT2D eigenvalue weighted by Gasteiger charge is 2.04. The van der Waals surface area contributed by atoms with Crippen LogP contribution in [0.2, 0.25) is 0 Å². The first-order chi connectivity index (χ1) is 7.25. The zero-order chi connectivity index (χ0) is 10.7. The number of para-hydroxylation sites is 1. The van der Waals surface area contributed by atoms with Crippen molar-refractivity contribution in [1.29, 1.82) is 0 Å². The van der Waals surface area contributed by atoms with Crippen molar-refractivity contribution in [3.63, 3.8) is 0 Å². The van der Waals surface area contributed by atoms with Gasteiger partial charge in [-0.15, -0.1) is 11.3 Å². The molecule has 0 radical (unpaired) electrons. The predicted molar refractivity (Wildman–Crippen MR) is 62.0 cm³/mol. The Hall–Kier alpha value is -1.55. The van der Waals surface area contributed by atoms with E-state index in [4.69, 9.17) is 10.5 Å². The molecule has 0 fully saturated rings. The van der Waals surface area contributed by atoms with Gasteiger partial charge in [-0.05, 0) is 19.1 Å². The van der Waals surface area contributed by atoms with Crippen LogP contribution >= 0.6 is 11.3 Å². The summed E-state index contributed by atoms with van der Waals surface area (Å²) >= 11 is 1.57. The Kier molecular flexibility index (Phi) is 2.87. The third-order valence-corrected chi connectivity index (χ3v) is 2.94. The van der Waals surface area contributed by atoms with E-state index in [1.165, 1.54) is 0 Å². The summed E-state index contributed by atoms with van der Waals surface area (Å²) in [6.07, 6.45) is 0. The van der Waals surface area contributed by atoms with E-state index >= 15 is 0 Å². The predicted octanol–water partition coefficient (Wildman–Crippen LogP) is 2.61. The Morgan fingerprint density at radius 1 is 1.33 bits per heavy atom. The van der Waals surface area contributed by atoms with Gasteiger partial charge in [0.2, 0.25) is 0 Å². The number of thiazole rings is 1. The first-order valence-electron chi connectivity index (χ1n) is 4.65. The first-order valence-corrected chi connectivity index (χ1v) is 5.47. The van der Waals surface area contributed by atoms with Gasteiger partial charge in [0.1, 0.15) is 23.2 Å². The second-order valence-electron chi connectivity index (χ2n) is 3.15. The quantitative estimate of drug-likeness (QED) is 0.865. The summed E-state index contributed by atoms with van der Waals surface area (Å²) in [6.45, 7) is 2.44. The van der Waals surface area contributed by atoms with Crippen LogP contribution in [0.5, 0.6) is 5.75 Å². The van der Waals surface area contributed by atoms with Crippen LogP contribution < -0.4 is 10.5 Å². The van der Waals surface area contributed by atoms with Crippen LogP contribution in [0.15, 0.2) is 30.3 Å². The van der Waals surface area contributed by atoms with Crippen molar-refractivity contribution < 1.29 is 4.74 Å². The molecule has 2 N–H and O–H groups in total. The third-order valence-electron chi connectivity index (χ3n) is 1.98. The molecule has 1 aromatic heterocycles. The number of benzene rings is 1. The van der Waals surface area contributed by atoms with Crippen LogP contribution in [0.25, 0.3) is 0 Å². The number of hydrogen-bond acceptors (Lipinski definition) is 4. The minimum atomic E-state index is 0.479. The van der Waals surface area contributed by atoms with E-state index in [9.17, 15) is 0 Å². The molecule has 2 aromatic rings. The summed E-state index contributed by atoms with van der Waals surface area (Å²) in [6, 6.07) is 9.68. The number of nitrogen functional groups attached to an aromatic ring is 1. The van der Waals surface area contributed by atoms with Gasteiger partial charge in [0.05, 0.1) is 0 Å². The van der Waals surface area contributed by atoms with Gasteiger partial charge < -0.3 is 10.5 Å². The SMILES string of the molecule is Cc1sc(COc2ccccc2)nc1N. The van der Waals surface area contributed by atoms with E-state index in [2.05, 4.69) is 4.98 Å². The molecule has 0 spiro atoms. The molecule has 0 saturated carbocycles. The van der Waals surface area contributed by atoms with Crippen LogP contribution in [-0.4, -0.2) is 4.98 Å². The monoisotopic (exact) mass is 220 g/mol. The average molecular weight is 220 g/mol. The summed E-state index contributed by atoms with van der Waals surface area (Å²) in [5, 5.41) is 0.911. The molecule has 0 bridgehead atoms. The highest BCUT2D eigenvalue weighted by atomic mass is 32.1. The largest absolute Gasteiger partial charge is 0.486 e. The maximum atomic E-state index is 5.65. The lowest BCUT2D eigenvalue weighted by molar-refractivity contribution is 0.305. The summed E-state index contributed by atoms with van der Waals surface area (Å²) < 4.78 is 5.55. The molecular weight excluding hydrogens is 208 g/mol. The fraction of sp³-hybridized carbons (Fsp3) is 0.182. The molecule has 0 unspecified atom stereocenters. The number of aromatic nitrogens is 1. The Bertz CT molecular complexity index is 420. The summed E-state index contributed by atoms with van der Waals surface area (Å²) in [5.74, 6) is 1.45. The average Bonchev–Trinajstić information content (AvgIpc) is 2.57. The molecule has 1 aromatic carbocycles. The van der Waals surface area contributed by atoms with Gasteiger partial charge in [0.15, 0.2) is 0 Å². The number of nitrogens with two attached hydrogens (primary N) is 1. The molecule has 15 heavy (non-hydrogen) atoms. The fourth-order valence-corrected chi connectivity index (χ4v) is 1.95. The number of ether oxygens (including phenoxy) is 1. The summed E-state index contributed by atoms with van der Waals surface area (Å²) in [4.78, 5) is 5.24. The number of hydrogen-bond donors (Lipinski definition) is 1. The first kappa shape index (κ1) is 9.98. The normalized spacial score (nSPS) is 10.2. The van der Waals surface area contributed by atoms with Crippen LogP contribution in [0.3, 0.4) is 0 Å². The standard InChI is InChI=1S/C11H12N2OS/c1-8-11(12)13-10(15-8)7-14-9-5-3-2-4-6-9/h2-6H,7,12H2,1H3. The van der Waals surface area contributed by atoms with Crippen molar-refractivity contribution in [3.05, 3.63) is 40.2 Å². The maximum Gasteiger partial charge on any atom is 0.140 e. The molecule has 2 rings (SSSR count).